The van der Waals surface area contributed by atoms with Crippen LogP contribution in [0.5, 0.6) is 0 Å². The quantitative estimate of drug-likeness (QED) is 0.741. The number of nitrogens with one attached hydrogen (secondary N) is 1. The first-order chi connectivity index (χ1) is 11.5. The molecule has 4 nitrogen and oxygen atoms in total. The van der Waals surface area contributed by atoms with Gasteiger partial charge in [-0.1, -0.05) is 41.4 Å². The van der Waals surface area contributed by atoms with Gasteiger partial charge in [0.25, 0.3) is 0 Å². The van der Waals surface area contributed by atoms with E-state index in [0.717, 1.165) is 22.4 Å². The smallest absolute Gasteiger partial charge is 0.240 e. The molecule has 1 aromatic heterocycles. The summed E-state index contributed by atoms with van der Waals surface area (Å²) in [4.78, 5) is 16.9. The van der Waals surface area contributed by atoms with Crippen LogP contribution in [-0.2, 0) is 11.3 Å². The zero-order valence-electron chi connectivity index (χ0n) is 13.4. The highest BCUT2D eigenvalue weighted by Gasteiger charge is 2.15. The number of para-hydroxylation sites is 2. The molecule has 0 aliphatic heterocycles. The van der Waals surface area contributed by atoms with E-state index in [-0.39, 0.29) is 18.5 Å². The van der Waals surface area contributed by atoms with Crippen LogP contribution in [0.1, 0.15) is 24.4 Å². The van der Waals surface area contributed by atoms with Crippen molar-refractivity contribution < 1.29 is 4.79 Å². The standard InChI is InChI=1S/C18H17Cl2N3O/c1-11(14-8-7-13(19)9-15(14)20)21-18(24)10-23-12(2)22-16-5-3-4-6-17(16)23/h3-9,11H,10H2,1-2H3,(H,21,24). The van der Waals surface area contributed by atoms with Crippen molar-refractivity contribution in [3.05, 3.63) is 63.9 Å². The molecule has 1 N–H and O–H groups in total. The van der Waals surface area contributed by atoms with Crippen molar-refractivity contribution in [1.29, 1.82) is 0 Å². The fourth-order valence-electron chi connectivity index (χ4n) is 2.76. The Morgan fingerprint density at radius 2 is 2.00 bits per heavy atom. The Bertz CT molecular complexity index is 904. The van der Waals surface area contributed by atoms with Crippen LogP contribution < -0.4 is 5.32 Å². The number of fused-ring (bicyclic) bond motifs is 1. The molecule has 124 valence electrons. The van der Waals surface area contributed by atoms with Crippen LogP contribution in [0.15, 0.2) is 42.5 Å². The number of nitrogens with zero attached hydrogens (tertiary/aromatic N) is 2. The van der Waals surface area contributed by atoms with E-state index in [4.69, 9.17) is 23.2 Å². The molecule has 0 aliphatic carbocycles. The summed E-state index contributed by atoms with van der Waals surface area (Å²) in [5.74, 6) is 0.711. The SMILES string of the molecule is Cc1nc2ccccc2n1CC(=O)NC(C)c1ccc(Cl)cc1Cl. The molecule has 0 radical (unpaired) electrons. The molecule has 0 aliphatic rings. The molecule has 1 atom stereocenters. The molecule has 1 unspecified atom stereocenters. The molecular formula is C18H17Cl2N3O. The van der Waals surface area contributed by atoms with Gasteiger partial charge >= 0.3 is 0 Å². The molecule has 24 heavy (non-hydrogen) atoms. The van der Waals surface area contributed by atoms with Crippen molar-refractivity contribution in [2.24, 2.45) is 0 Å². The molecule has 1 amide bonds. The van der Waals surface area contributed by atoms with Crippen LogP contribution >= 0.6 is 23.2 Å². The maximum absolute atomic E-state index is 12.4. The van der Waals surface area contributed by atoms with E-state index in [0.29, 0.717) is 10.0 Å². The summed E-state index contributed by atoms with van der Waals surface area (Å²) in [7, 11) is 0. The molecule has 0 spiro atoms. The normalized spacial score (nSPS) is 12.3. The molecule has 6 heteroatoms. The van der Waals surface area contributed by atoms with Crippen LogP contribution in [0.3, 0.4) is 0 Å². The number of imidazole rings is 1. The first-order valence-electron chi connectivity index (χ1n) is 7.62. The summed E-state index contributed by atoms with van der Waals surface area (Å²) < 4.78 is 1.90. The summed E-state index contributed by atoms with van der Waals surface area (Å²) in [6, 6.07) is 12.8. The molecule has 0 fully saturated rings. The lowest BCUT2D eigenvalue weighted by atomic mass is 10.1. The Morgan fingerprint density at radius 3 is 2.75 bits per heavy atom. The van der Waals surface area contributed by atoms with E-state index in [9.17, 15) is 4.79 Å². The number of aryl methyl sites for hydroxylation is 1. The average Bonchev–Trinajstić information content (AvgIpc) is 2.83. The highest BCUT2D eigenvalue weighted by atomic mass is 35.5. The van der Waals surface area contributed by atoms with Gasteiger partial charge in [-0.3, -0.25) is 4.79 Å². The predicted octanol–water partition coefficient (Wildman–Crippen LogP) is 4.53. The third kappa shape index (κ3) is 3.40. The van der Waals surface area contributed by atoms with E-state index >= 15 is 0 Å². The Hall–Kier alpha value is -2.04. The lowest BCUT2D eigenvalue weighted by Crippen LogP contribution is -2.30. The van der Waals surface area contributed by atoms with E-state index in [1.54, 1.807) is 12.1 Å². The zero-order chi connectivity index (χ0) is 17.3. The summed E-state index contributed by atoms with van der Waals surface area (Å²) in [5, 5.41) is 4.08. The average molecular weight is 362 g/mol. The van der Waals surface area contributed by atoms with Gasteiger partial charge in [0.05, 0.1) is 17.1 Å². The molecule has 1 heterocycles. The van der Waals surface area contributed by atoms with Crippen molar-refractivity contribution in [2.75, 3.05) is 0 Å². The Labute approximate surface area is 150 Å². The van der Waals surface area contributed by atoms with Crippen molar-refractivity contribution in [2.45, 2.75) is 26.4 Å². The van der Waals surface area contributed by atoms with Crippen LogP contribution in [0, 0.1) is 6.92 Å². The molecule has 0 bridgehead atoms. The number of rotatable bonds is 4. The highest BCUT2D eigenvalue weighted by molar-refractivity contribution is 6.35. The van der Waals surface area contributed by atoms with Gasteiger partial charge in [0.1, 0.15) is 12.4 Å². The predicted molar refractivity (Wildman–Crippen MR) is 97.5 cm³/mol. The first kappa shape index (κ1) is 16.8. The molecule has 3 aromatic rings. The lowest BCUT2D eigenvalue weighted by molar-refractivity contribution is -0.122. The summed E-state index contributed by atoms with van der Waals surface area (Å²) in [5.41, 5.74) is 2.67. The van der Waals surface area contributed by atoms with Crippen molar-refractivity contribution in [3.8, 4) is 0 Å². The number of halogens is 2. The topological polar surface area (TPSA) is 46.9 Å². The molecule has 2 aromatic carbocycles. The van der Waals surface area contributed by atoms with Crippen LogP contribution in [0.2, 0.25) is 10.0 Å². The second kappa shape index (κ2) is 6.83. The minimum absolute atomic E-state index is 0.0974. The van der Waals surface area contributed by atoms with Crippen molar-refractivity contribution in [3.63, 3.8) is 0 Å². The Balaban J connectivity index is 1.76. The fourth-order valence-corrected chi connectivity index (χ4v) is 3.33. The van der Waals surface area contributed by atoms with E-state index in [1.807, 2.05) is 48.7 Å². The van der Waals surface area contributed by atoms with E-state index in [1.165, 1.54) is 0 Å². The second-order valence-electron chi connectivity index (χ2n) is 5.69. The number of amides is 1. The fraction of sp³-hybridized carbons (Fsp3) is 0.222. The molecule has 0 saturated carbocycles. The second-order valence-corrected chi connectivity index (χ2v) is 6.53. The molecular weight excluding hydrogens is 345 g/mol. The summed E-state index contributed by atoms with van der Waals surface area (Å²) >= 11 is 12.1. The van der Waals surface area contributed by atoms with Gasteiger partial charge < -0.3 is 9.88 Å². The van der Waals surface area contributed by atoms with Gasteiger partial charge in [-0.25, -0.2) is 4.98 Å². The van der Waals surface area contributed by atoms with Crippen LogP contribution in [-0.4, -0.2) is 15.5 Å². The van der Waals surface area contributed by atoms with E-state index in [2.05, 4.69) is 10.3 Å². The monoisotopic (exact) mass is 361 g/mol. The largest absolute Gasteiger partial charge is 0.348 e. The van der Waals surface area contributed by atoms with Crippen molar-refractivity contribution >= 4 is 40.1 Å². The third-order valence-electron chi connectivity index (χ3n) is 3.95. The Morgan fingerprint density at radius 1 is 1.25 bits per heavy atom. The summed E-state index contributed by atoms with van der Waals surface area (Å²) in [6.07, 6.45) is 0. The maximum Gasteiger partial charge on any atom is 0.240 e. The van der Waals surface area contributed by atoms with Gasteiger partial charge in [-0.2, -0.15) is 0 Å². The minimum Gasteiger partial charge on any atom is -0.348 e. The number of hydrogen-bond acceptors (Lipinski definition) is 2. The van der Waals surface area contributed by atoms with Gasteiger partial charge in [0.15, 0.2) is 0 Å². The zero-order valence-corrected chi connectivity index (χ0v) is 14.9. The summed E-state index contributed by atoms with van der Waals surface area (Å²) in [6.45, 7) is 4.00. The van der Waals surface area contributed by atoms with Crippen molar-refractivity contribution in [1.82, 2.24) is 14.9 Å². The number of carbonyl (C=O) groups excluding carboxylic acids is 1. The van der Waals surface area contributed by atoms with Gasteiger partial charge in [-0.15, -0.1) is 0 Å². The van der Waals surface area contributed by atoms with Gasteiger partial charge in [0, 0.05) is 10.0 Å². The number of benzene rings is 2. The number of hydrogen-bond donors (Lipinski definition) is 1. The first-order valence-corrected chi connectivity index (χ1v) is 8.37. The van der Waals surface area contributed by atoms with E-state index < -0.39 is 0 Å². The maximum atomic E-state index is 12.4. The third-order valence-corrected chi connectivity index (χ3v) is 4.52. The van der Waals surface area contributed by atoms with Gasteiger partial charge in [-0.05, 0) is 43.7 Å². The minimum atomic E-state index is -0.211. The van der Waals surface area contributed by atoms with Gasteiger partial charge in [0.2, 0.25) is 5.91 Å². The number of aromatic nitrogens is 2. The van der Waals surface area contributed by atoms with Crippen LogP contribution in [0.4, 0.5) is 0 Å². The molecule has 0 saturated heterocycles. The Kier molecular flexibility index (Phi) is 4.78. The molecule has 3 rings (SSSR count). The number of carbonyl (C=O) groups is 1. The lowest BCUT2D eigenvalue weighted by Gasteiger charge is -2.16. The van der Waals surface area contributed by atoms with Crippen LogP contribution in [0.25, 0.3) is 11.0 Å². The highest BCUT2D eigenvalue weighted by Crippen LogP contribution is 2.26.